The fraction of sp³-hybridized carbons (Fsp3) is 0.600. The van der Waals surface area contributed by atoms with Crippen molar-refractivity contribution in [2.75, 3.05) is 6.61 Å². The van der Waals surface area contributed by atoms with Crippen LogP contribution in [0.5, 0.6) is 5.88 Å². The zero-order valence-corrected chi connectivity index (χ0v) is 10.3. The summed E-state index contributed by atoms with van der Waals surface area (Å²) in [7, 11) is 0. The molecule has 0 saturated carbocycles. The van der Waals surface area contributed by atoms with Crippen molar-refractivity contribution in [3.8, 4) is 5.88 Å². The Labute approximate surface area is 107 Å². The highest BCUT2D eigenvalue weighted by atomic mass is 35.5. The lowest BCUT2D eigenvalue weighted by Gasteiger charge is -2.25. The first-order chi connectivity index (χ1) is 8.37. The fourth-order valence-corrected chi connectivity index (χ4v) is 1.98. The molecule has 2 rings (SSSR count). The Bertz CT molecular complexity index is 519. The van der Waals surface area contributed by atoms with Gasteiger partial charge in [-0.1, -0.05) is 11.6 Å². The molecule has 1 aliphatic heterocycles. The van der Waals surface area contributed by atoms with Gasteiger partial charge in [0.1, 0.15) is 16.9 Å². The zero-order chi connectivity index (χ0) is 13.5. The predicted molar refractivity (Wildman–Crippen MR) is 61.4 cm³/mol. The normalized spacial score (nSPS) is 31.8. The average Bonchev–Trinajstić information content (AvgIpc) is 2.61. The molecule has 1 aromatic heterocycles. The van der Waals surface area contributed by atoms with Crippen LogP contribution in [0.25, 0.3) is 0 Å². The predicted octanol–water partition coefficient (Wildman–Crippen LogP) is -0.367. The van der Waals surface area contributed by atoms with E-state index in [1.165, 1.54) is 13.1 Å². The van der Waals surface area contributed by atoms with Crippen molar-refractivity contribution in [1.29, 1.82) is 0 Å². The Morgan fingerprint density at radius 2 is 2.39 bits per heavy atom. The molecule has 8 heteroatoms. The van der Waals surface area contributed by atoms with Gasteiger partial charge in [0.05, 0.1) is 12.7 Å². The molecule has 0 radical (unpaired) electrons. The highest BCUT2D eigenvalue weighted by Gasteiger charge is 2.45. The topological polar surface area (TPSA) is 105 Å². The van der Waals surface area contributed by atoms with Crippen LogP contribution in [0, 0.1) is 0 Å². The molecule has 1 aliphatic rings. The van der Waals surface area contributed by atoms with Crippen molar-refractivity contribution >= 4 is 11.6 Å². The Morgan fingerprint density at radius 3 is 2.94 bits per heavy atom. The molecule has 0 unspecified atom stereocenters. The summed E-state index contributed by atoms with van der Waals surface area (Å²) in [5, 5.41) is 28.1. The third kappa shape index (κ3) is 2.10. The number of aromatic hydroxyl groups is 1. The van der Waals surface area contributed by atoms with E-state index in [0.29, 0.717) is 0 Å². The van der Waals surface area contributed by atoms with Crippen LogP contribution in [0.2, 0.25) is 5.02 Å². The van der Waals surface area contributed by atoms with Crippen molar-refractivity contribution in [2.24, 2.45) is 0 Å². The lowest BCUT2D eigenvalue weighted by Crippen LogP contribution is -2.39. The largest absolute Gasteiger partial charge is 0.492 e. The van der Waals surface area contributed by atoms with Crippen LogP contribution in [0.3, 0.4) is 0 Å². The molecular weight excluding hydrogens is 264 g/mol. The number of halogens is 1. The summed E-state index contributed by atoms with van der Waals surface area (Å²) in [6.45, 7) is 1.16. The molecule has 3 atom stereocenters. The second-order valence-electron chi connectivity index (χ2n) is 4.40. The van der Waals surface area contributed by atoms with Crippen molar-refractivity contribution < 1.29 is 20.1 Å². The van der Waals surface area contributed by atoms with Gasteiger partial charge in [-0.05, 0) is 6.92 Å². The van der Waals surface area contributed by atoms with Gasteiger partial charge < -0.3 is 20.1 Å². The van der Waals surface area contributed by atoms with Gasteiger partial charge in [-0.3, -0.25) is 4.57 Å². The van der Waals surface area contributed by atoms with E-state index >= 15 is 0 Å². The van der Waals surface area contributed by atoms with E-state index in [2.05, 4.69) is 4.98 Å². The number of ether oxygens (including phenoxy) is 1. The summed E-state index contributed by atoms with van der Waals surface area (Å²) in [6, 6.07) is 0. The molecule has 0 aliphatic carbocycles. The number of nitrogens with zero attached hydrogens (tertiary/aromatic N) is 2. The smallest absolute Gasteiger partial charge is 0.353 e. The first kappa shape index (κ1) is 13.3. The minimum atomic E-state index is -1.13. The summed E-state index contributed by atoms with van der Waals surface area (Å²) in [5.41, 5.74) is -1.87. The van der Waals surface area contributed by atoms with Gasteiger partial charge in [0.25, 0.3) is 0 Å². The van der Waals surface area contributed by atoms with Gasteiger partial charge in [0.2, 0.25) is 5.88 Å². The molecule has 1 aromatic rings. The van der Waals surface area contributed by atoms with E-state index in [9.17, 15) is 20.1 Å². The summed E-state index contributed by atoms with van der Waals surface area (Å²) in [5.74, 6) is -0.554. The third-order valence-electron chi connectivity index (χ3n) is 3.05. The van der Waals surface area contributed by atoms with Gasteiger partial charge in [-0.15, -0.1) is 0 Å². The highest BCUT2D eigenvalue weighted by Crippen LogP contribution is 2.36. The Balaban J connectivity index is 2.35. The first-order valence-electron chi connectivity index (χ1n) is 5.32. The molecule has 0 spiro atoms. The quantitative estimate of drug-likeness (QED) is 0.681. The molecule has 0 aromatic carbocycles. The number of aliphatic hydroxyl groups is 2. The second-order valence-corrected chi connectivity index (χ2v) is 4.80. The zero-order valence-electron chi connectivity index (χ0n) is 9.58. The van der Waals surface area contributed by atoms with Gasteiger partial charge in [-0.2, -0.15) is 4.98 Å². The van der Waals surface area contributed by atoms with Crippen molar-refractivity contribution in [2.45, 2.75) is 31.3 Å². The fourth-order valence-electron chi connectivity index (χ4n) is 1.83. The second kappa shape index (κ2) is 4.51. The van der Waals surface area contributed by atoms with Crippen molar-refractivity contribution in [1.82, 2.24) is 9.55 Å². The van der Waals surface area contributed by atoms with E-state index in [4.69, 9.17) is 16.3 Å². The number of aromatic nitrogens is 2. The summed E-state index contributed by atoms with van der Waals surface area (Å²) < 4.78 is 6.53. The minimum absolute atomic E-state index is 0.0923. The summed E-state index contributed by atoms with van der Waals surface area (Å²) >= 11 is 5.67. The molecule has 100 valence electrons. The number of rotatable bonds is 2. The molecule has 18 heavy (non-hydrogen) atoms. The van der Waals surface area contributed by atoms with E-state index in [-0.39, 0.29) is 18.1 Å². The van der Waals surface area contributed by atoms with Crippen LogP contribution >= 0.6 is 11.6 Å². The maximum absolute atomic E-state index is 11.6. The lowest BCUT2D eigenvalue weighted by molar-refractivity contribution is -0.116. The Morgan fingerprint density at radius 1 is 1.72 bits per heavy atom. The molecule has 2 heterocycles. The van der Waals surface area contributed by atoms with Gasteiger partial charge in [-0.25, -0.2) is 4.79 Å². The molecule has 1 fully saturated rings. The van der Waals surface area contributed by atoms with Gasteiger partial charge in [0.15, 0.2) is 0 Å². The standard InChI is InChI=1S/C10H13ClN2O5/c1-10(4-14)6(15)2-7(18-10)13-3-5(11)8(16)12-9(13)17/h3,6-7,14-15H,2,4H2,1H3,(H,12,16,17)/t6-,7+,10+/m0/s1. The SMILES string of the molecule is C[C@]1(CO)O[C@@H](n2cc(Cl)c(O)nc2=O)C[C@@H]1O. The third-order valence-corrected chi connectivity index (χ3v) is 3.31. The minimum Gasteiger partial charge on any atom is -0.492 e. The van der Waals surface area contributed by atoms with Crippen LogP contribution in [-0.2, 0) is 4.74 Å². The van der Waals surface area contributed by atoms with Crippen LogP contribution < -0.4 is 5.69 Å². The number of hydrogen-bond acceptors (Lipinski definition) is 6. The molecular formula is C10H13ClN2O5. The first-order valence-corrected chi connectivity index (χ1v) is 5.69. The number of aliphatic hydroxyl groups excluding tert-OH is 2. The van der Waals surface area contributed by atoms with E-state index in [0.717, 1.165) is 4.57 Å². The van der Waals surface area contributed by atoms with Crippen molar-refractivity contribution in [3.05, 3.63) is 21.7 Å². The molecule has 1 saturated heterocycles. The monoisotopic (exact) mass is 276 g/mol. The number of hydrogen-bond donors (Lipinski definition) is 3. The van der Waals surface area contributed by atoms with E-state index in [1.807, 2.05) is 0 Å². The van der Waals surface area contributed by atoms with Crippen LogP contribution in [0.15, 0.2) is 11.0 Å². The van der Waals surface area contributed by atoms with Crippen LogP contribution in [0.4, 0.5) is 0 Å². The lowest BCUT2D eigenvalue weighted by atomic mass is 10.0. The summed E-state index contributed by atoms with van der Waals surface area (Å²) in [4.78, 5) is 14.9. The summed E-state index contributed by atoms with van der Waals surface area (Å²) in [6.07, 6.45) is -0.380. The molecule has 0 bridgehead atoms. The Hall–Kier alpha value is -1.15. The Kier molecular flexibility index (Phi) is 3.33. The van der Waals surface area contributed by atoms with Crippen molar-refractivity contribution in [3.63, 3.8) is 0 Å². The maximum atomic E-state index is 11.6. The van der Waals surface area contributed by atoms with Crippen LogP contribution in [-0.4, -0.2) is 43.2 Å². The van der Waals surface area contributed by atoms with Gasteiger partial charge >= 0.3 is 5.69 Å². The maximum Gasteiger partial charge on any atom is 0.353 e. The van der Waals surface area contributed by atoms with E-state index < -0.39 is 29.5 Å². The molecule has 3 N–H and O–H groups in total. The van der Waals surface area contributed by atoms with Gasteiger partial charge in [0, 0.05) is 12.6 Å². The van der Waals surface area contributed by atoms with Crippen LogP contribution in [0.1, 0.15) is 19.6 Å². The highest BCUT2D eigenvalue weighted by molar-refractivity contribution is 6.31. The average molecular weight is 277 g/mol. The molecule has 7 nitrogen and oxygen atoms in total. The van der Waals surface area contributed by atoms with E-state index in [1.54, 1.807) is 0 Å². The molecule has 0 amide bonds.